The van der Waals surface area contributed by atoms with Crippen LogP contribution in [0.1, 0.15) is 79.1 Å². The van der Waals surface area contributed by atoms with Crippen LogP contribution in [-0.4, -0.2) is 59.4 Å². The molecule has 0 bridgehead atoms. The summed E-state index contributed by atoms with van der Waals surface area (Å²) in [5.41, 5.74) is 5.97. The average Bonchev–Trinajstić information content (AvgIpc) is 2.72. The number of carbonyl (C=O) groups is 1. The Morgan fingerprint density at radius 2 is 1.80 bits per heavy atom. The van der Waals surface area contributed by atoms with E-state index in [-0.39, 0.29) is 23.8 Å². The van der Waals surface area contributed by atoms with Crippen LogP contribution < -0.4 is 11.1 Å². The van der Waals surface area contributed by atoms with Gasteiger partial charge in [-0.1, -0.05) is 33.6 Å². The van der Waals surface area contributed by atoms with Crippen molar-refractivity contribution in [3.8, 4) is 0 Å². The van der Waals surface area contributed by atoms with Gasteiger partial charge in [0.25, 0.3) is 0 Å². The molecular formula is C23H44N2O5. The minimum Gasteiger partial charge on any atom is -0.389 e. The molecule has 0 aromatic rings. The number of aliphatic hydroxyl groups excluding tert-OH is 2. The van der Waals surface area contributed by atoms with Gasteiger partial charge in [-0.2, -0.15) is 0 Å². The Morgan fingerprint density at radius 3 is 2.50 bits per heavy atom. The molecule has 2 aliphatic rings. The highest BCUT2D eigenvalue weighted by molar-refractivity contribution is 5.78. The summed E-state index contributed by atoms with van der Waals surface area (Å²) < 4.78 is 12.0. The second-order valence-electron chi connectivity index (χ2n) is 9.57. The standard InChI is InChI=1S/C23H44N2O5/c1-5-17-10-6-8-14(2)11-12-18(15(3)9-7-13-25-22(17)28)30-23-21(27)19(24)20(26)16(4)29-23/h14-21,23,26-27H,5-13,24H2,1-4H3,(H,25,28)/t14-,15-,16+,17+,18+,19+,20+,21+,23+/m1/s1. The molecule has 0 aliphatic carbocycles. The summed E-state index contributed by atoms with van der Waals surface area (Å²) in [6.07, 6.45) is 4.40. The second-order valence-corrected chi connectivity index (χ2v) is 9.57. The average molecular weight is 429 g/mol. The number of hydrogen-bond acceptors (Lipinski definition) is 6. The molecule has 7 nitrogen and oxygen atoms in total. The Morgan fingerprint density at radius 1 is 1.07 bits per heavy atom. The lowest BCUT2D eigenvalue weighted by Crippen LogP contribution is -2.61. The number of carbonyl (C=O) groups excluding carboxylic acids is 1. The molecular weight excluding hydrogens is 384 g/mol. The van der Waals surface area contributed by atoms with Crippen molar-refractivity contribution in [2.24, 2.45) is 23.5 Å². The minimum absolute atomic E-state index is 0.0659. The van der Waals surface area contributed by atoms with Gasteiger partial charge >= 0.3 is 0 Å². The van der Waals surface area contributed by atoms with Crippen LogP contribution >= 0.6 is 0 Å². The molecule has 2 aliphatic heterocycles. The Labute approximate surface area is 182 Å². The number of rotatable bonds is 3. The lowest BCUT2D eigenvalue weighted by atomic mass is 9.88. The predicted octanol–water partition coefficient (Wildman–Crippen LogP) is 2.32. The summed E-state index contributed by atoms with van der Waals surface area (Å²) in [6.45, 7) is 8.94. The molecule has 0 aromatic carbocycles. The molecule has 30 heavy (non-hydrogen) atoms. The summed E-state index contributed by atoms with van der Waals surface area (Å²) >= 11 is 0. The van der Waals surface area contributed by atoms with Gasteiger partial charge in [-0.3, -0.25) is 4.79 Å². The molecule has 2 fully saturated rings. The monoisotopic (exact) mass is 428 g/mol. The normalized spacial score (nSPS) is 42.9. The largest absolute Gasteiger partial charge is 0.389 e. The molecule has 1 amide bonds. The first kappa shape index (κ1) is 25.5. The molecule has 2 saturated heterocycles. The zero-order valence-corrected chi connectivity index (χ0v) is 19.3. The maximum atomic E-state index is 12.4. The zero-order chi connectivity index (χ0) is 22.3. The smallest absolute Gasteiger partial charge is 0.223 e. The van der Waals surface area contributed by atoms with Crippen LogP contribution in [0.3, 0.4) is 0 Å². The van der Waals surface area contributed by atoms with Crippen LogP contribution in [0.5, 0.6) is 0 Å². The van der Waals surface area contributed by atoms with Gasteiger partial charge in [-0.25, -0.2) is 0 Å². The van der Waals surface area contributed by atoms with E-state index in [1.807, 2.05) is 0 Å². The second kappa shape index (κ2) is 12.3. The number of hydrogen-bond donors (Lipinski definition) is 4. The van der Waals surface area contributed by atoms with E-state index in [1.54, 1.807) is 6.92 Å². The molecule has 0 unspecified atom stereocenters. The molecule has 9 atom stereocenters. The molecule has 5 N–H and O–H groups in total. The zero-order valence-electron chi connectivity index (χ0n) is 19.3. The number of ether oxygens (including phenoxy) is 2. The Balaban J connectivity index is 2.01. The summed E-state index contributed by atoms with van der Waals surface area (Å²) in [5.74, 6) is 1.11. The van der Waals surface area contributed by atoms with Crippen molar-refractivity contribution in [2.45, 2.75) is 116 Å². The summed E-state index contributed by atoms with van der Waals surface area (Å²) in [4.78, 5) is 12.4. The first-order valence-electron chi connectivity index (χ1n) is 11.9. The third-order valence-electron chi connectivity index (χ3n) is 7.03. The molecule has 0 spiro atoms. The fraction of sp³-hybridized carbons (Fsp3) is 0.957. The van der Waals surface area contributed by atoms with Gasteiger partial charge < -0.3 is 30.7 Å². The third-order valence-corrected chi connectivity index (χ3v) is 7.03. The van der Waals surface area contributed by atoms with Gasteiger partial charge in [0.15, 0.2) is 6.29 Å². The van der Waals surface area contributed by atoms with E-state index in [4.69, 9.17) is 15.2 Å². The number of amides is 1. The van der Waals surface area contributed by atoms with E-state index in [1.165, 1.54) is 0 Å². The van der Waals surface area contributed by atoms with Crippen LogP contribution in [0, 0.1) is 17.8 Å². The van der Waals surface area contributed by atoms with E-state index in [9.17, 15) is 15.0 Å². The van der Waals surface area contributed by atoms with Crippen LogP contribution in [-0.2, 0) is 14.3 Å². The van der Waals surface area contributed by atoms with Crippen molar-refractivity contribution in [3.63, 3.8) is 0 Å². The van der Waals surface area contributed by atoms with Crippen molar-refractivity contribution in [2.75, 3.05) is 6.54 Å². The summed E-state index contributed by atoms with van der Waals surface area (Å²) in [6, 6.07) is -0.784. The van der Waals surface area contributed by atoms with Gasteiger partial charge in [0.2, 0.25) is 5.91 Å². The fourth-order valence-electron chi connectivity index (χ4n) is 4.63. The van der Waals surface area contributed by atoms with E-state index in [2.05, 4.69) is 26.1 Å². The van der Waals surface area contributed by atoms with Gasteiger partial charge in [0, 0.05) is 12.5 Å². The highest BCUT2D eigenvalue weighted by Crippen LogP contribution is 2.29. The van der Waals surface area contributed by atoms with Crippen molar-refractivity contribution in [1.29, 1.82) is 0 Å². The lowest BCUT2D eigenvalue weighted by Gasteiger charge is -2.42. The van der Waals surface area contributed by atoms with Crippen LogP contribution in [0.25, 0.3) is 0 Å². The van der Waals surface area contributed by atoms with Crippen molar-refractivity contribution in [1.82, 2.24) is 5.32 Å². The fourth-order valence-corrected chi connectivity index (χ4v) is 4.63. The van der Waals surface area contributed by atoms with Crippen molar-refractivity contribution in [3.05, 3.63) is 0 Å². The summed E-state index contributed by atoms with van der Waals surface area (Å²) in [5, 5.41) is 23.6. The van der Waals surface area contributed by atoms with Crippen LogP contribution in [0.15, 0.2) is 0 Å². The quantitative estimate of drug-likeness (QED) is 0.549. The van der Waals surface area contributed by atoms with E-state index >= 15 is 0 Å². The van der Waals surface area contributed by atoms with Gasteiger partial charge in [-0.15, -0.1) is 0 Å². The third kappa shape index (κ3) is 7.16. The van der Waals surface area contributed by atoms with Gasteiger partial charge in [0.05, 0.1) is 24.4 Å². The lowest BCUT2D eigenvalue weighted by molar-refractivity contribution is -0.286. The van der Waals surface area contributed by atoms with Crippen LogP contribution in [0.2, 0.25) is 0 Å². The Bertz CT molecular complexity index is 520. The SMILES string of the molecule is CC[C@H]1CCC[C@@H](C)CC[C@H](O[C@@H]2O[C@@H](C)[C@H](O)[C@H](N)[C@@H]2O)[C@H](C)CCCNC1=O. The topological polar surface area (TPSA) is 114 Å². The summed E-state index contributed by atoms with van der Waals surface area (Å²) in [7, 11) is 0. The number of aliphatic hydroxyl groups is 2. The molecule has 0 aromatic heterocycles. The molecule has 2 heterocycles. The molecule has 7 heteroatoms. The van der Waals surface area contributed by atoms with E-state index in [0.29, 0.717) is 12.5 Å². The van der Waals surface area contributed by atoms with E-state index in [0.717, 1.165) is 51.4 Å². The maximum absolute atomic E-state index is 12.4. The van der Waals surface area contributed by atoms with Crippen molar-refractivity contribution < 1.29 is 24.5 Å². The first-order chi connectivity index (χ1) is 14.2. The molecule has 176 valence electrons. The Kier molecular flexibility index (Phi) is 10.5. The van der Waals surface area contributed by atoms with E-state index < -0.39 is 30.6 Å². The number of nitrogens with two attached hydrogens (primary N) is 1. The highest BCUT2D eigenvalue weighted by Gasteiger charge is 2.42. The minimum atomic E-state index is -1.06. The van der Waals surface area contributed by atoms with Crippen LogP contribution in [0.4, 0.5) is 0 Å². The maximum Gasteiger partial charge on any atom is 0.223 e. The molecule has 0 saturated carbocycles. The van der Waals surface area contributed by atoms with Gasteiger partial charge in [-0.05, 0) is 57.3 Å². The first-order valence-corrected chi connectivity index (χ1v) is 11.9. The number of nitrogens with one attached hydrogen (secondary N) is 1. The predicted molar refractivity (Wildman–Crippen MR) is 117 cm³/mol. The molecule has 2 rings (SSSR count). The van der Waals surface area contributed by atoms with Gasteiger partial charge in [0.1, 0.15) is 6.10 Å². The highest BCUT2D eigenvalue weighted by atomic mass is 16.7. The van der Waals surface area contributed by atoms with Crippen molar-refractivity contribution >= 4 is 5.91 Å². The molecule has 0 radical (unpaired) electrons. The Hall–Kier alpha value is -0.730.